The van der Waals surface area contributed by atoms with E-state index < -0.39 is 17.6 Å². The summed E-state index contributed by atoms with van der Waals surface area (Å²) in [5.74, 6) is -2.18. The SMILES string of the molecule is Cc1cc(N2CCN(c3ccc(F)cc3F)CC2)ccc1C(=O)OF. The van der Waals surface area contributed by atoms with Crippen LogP contribution in [0.1, 0.15) is 15.9 Å². The summed E-state index contributed by atoms with van der Waals surface area (Å²) in [7, 11) is 0. The highest BCUT2D eigenvalue weighted by molar-refractivity contribution is 5.91. The number of aryl methyl sites for hydroxylation is 1. The Morgan fingerprint density at radius 3 is 2.28 bits per heavy atom. The zero-order valence-corrected chi connectivity index (χ0v) is 13.6. The average Bonchev–Trinajstić information content (AvgIpc) is 2.61. The molecule has 3 rings (SSSR count). The van der Waals surface area contributed by atoms with Crippen molar-refractivity contribution in [3.05, 3.63) is 59.2 Å². The summed E-state index contributed by atoms with van der Waals surface area (Å²) in [6.07, 6.45) is 0. The van der Waals surface area contributed by atoms with Crippen LogP contribution in [-0.2, 0) is 4.94 Å². The van der Waals surface area contributed by atoms with Crippen LogP contribution >= 0.6 is 0 Å². The molecule has 25 heavy (non-hydrogen) atoms. The molecule has 0 bridgehead atoms. The summed E-state index contributed by atoms with van der Waals surface area (Å²) in [6, 6.07) is 8.62. The highest BCUT2D eigenvalue weighted by Crippen LogP contribution is 2.25. The third-order valence-corrected chi connectivity index (χ3v) is 4.40. The van der Waals surface area contributed by atoms with E-state index in [9.17, 15) is 18.1 Å². The van der Waals surface area contributed by atoms with Crippen LogP contribution in [-0.4, -0.2) is 32.1 Å². The number of hydrogen-bond donors (Lipinski definition) is 0. The molecule has 1 heterocycles. The van der Waals surface area contributed by atoms with Crippen molar-refractivity contribution in [2.24, 2.45) is 0 Å². The van der Waals surface area contributed by atoms with Gasteiger partial charge in [0.25, 0.3) is 0 Å². The normalized spacial score (nSPS) is 14.6. The van der Waals surface area contributed by atoms with Gasteiger partial charge in [-0.25, -0.2) is 18.5 Å². The molecule has 0 amide bonds. The minimum absolute atomic E-state index is 0.179. The van der Waals surface area contributed by atoms with Crippen molar-refractivity contribution in [3.8, 4) is 0 Å². The first kappa shape index (κ1) is 17.1. The first-order valence-corrected chi connectivity index (χ1v) is 7.88. The lowest BCUT2D eigenvalue weighted by Gasteiger charge is -2.37. The van der Waals surface area contributed by atoms with Crippen molar-refractivity contribution in [1.29, 1.82) is 0 Å². The van der Waals surface area contributed by atoms with Gasteiger partial charge in [-0.3, -0.25) is 0 Å². The fourth-order valence-electron chi connectivity index (χ4n) is 3.06. The second-order valence-electron chi connectivity index (χ2n) is 5.93. The predicted molar refractivity (Wildman–Crippen MR) is 88.5 cm³/mol. The third kappa shape index (κ3) is 3.55. The molecule has 2 aromatic carbocycles. The van der Waals surface area contributed by atoms with Crippen LogP contribution in [0.3, 0.4) is 0 Å². The fourth-order valence-corrected chi connectivity index (χ4v) is 3.06. The second-order valence-corrected chi connectivity index (χ2v) is 5.93. The van der Waals surface area contributed by atoms with Crippen LogP contribution in [0.15, 0.2) is 36.4 Å². The summed E-state index contributed by atoms with van der Waals surface area (Å²) in [5, 5.41) is 0. The molecule has 0 spiro atoms. The summed E-state index contributed by atoms with van der Waals surface area (Å²) in [6.45, 7) is 4.15. The van der Waals surface area contributed by atoms with Gasteiger partial charge in [-0.05, 0) is 42.8 Å². The molecule has 1 aliphatic rings. The first-order chi connectivity index (χ1) is 12.0. The Labute approximate surface area is 143 Å². The molecular weight excluding hydrogens is 333 g/mol. The molecule has 1 aliphatic heterocycles. The minimum atomic E-state index is -1.01. The number of halogens is 3. The van der Waals surface area contributed by atoms with Gasteiger partial charge in [0, 0.05) is 42.5 Å². The highest BCUT2D eigenvalue weighted by atomic mass is 19.3. The van der Waals surface area contributed by atoms with Gasteiger partial charge in [0.2, 0.25) is 0 Å². The molecule has 2 aromatic rings. The van der Waals surface area contributed by atoms with Gasteiger partial charge in [-0.15, -0.1) is 0 Å². The third-order valence-electron chi connectivity index (χ3n) is 4.40. The number of rotatable bonds is 3. The van der Waals surface area contributed by atoms with E-state index in [-0.39, 0.29) is 5.56 Å². The van der Waals surface area contributed by atoms with Crippen molar-refractivity contribution in [1.82, 2.24) is 0 Å². The number of hydrogen-bond acceptors (Lipinski definition) is 4. The fraction of sp³-hybridized carbons (Fsp3) is 0.278. The van der Waals surface area contributed by atoms with Crippen molar-refractivity contribution >= 4 is 17.3 Å². The van der Waals surface area contributed by atoms with E-state index in [4.69, 9.17) is 0 Å². The van der Waals surface area contributed by atoms with Crippen molar-refractivity contribution in [3.63, 3.8) is 0 Å². The number of carbonyl (C=O) groups excluding carboxylic acids is 1. The summed E-state index contributed by atoms with van der Waals surface area (Å²) in [5.41, 5.74) is 2.08. The number of nitrogens with zero attached hydrogens (tertiary/aromatic N) is 2. The molecule has 0 saturated carbocycles. The molecular formula is C18H17F3N2O2. The van der Waals surface area contributed by atoms with Crippen LogP contribution < -0.4 is 9.80 Å². The van der Waals surface area contributed by atoms with E-state index in [2.05, 4.69) is 9.84 Å². The lowest BCUT2D eigenvalue weighted by atomic mass is 10.1. The molecule has 1 saturated heterocycles. The molecule has 1 fully saturated rings. The summed E-state index contributed by atoms with van der Waals surface area (Å²) < 4.78 is 39.0. The standard InChI is InChI=1S/C18H17F3N2O2/c1-12-10-14(3-4-15(12)18(24)25-21)22-6-8-23(9-7-22)17-5-2-13(19)11-16(17)20/h2-5,10-11H,6-9H2,1H3. The lowest BCUT2D eigenvalue weighted by Crippen LogP contribution is -2.46. The predicted octanol–water partition coefficient (Wildman–Crippen LogP) is 3.64. The number of anilines is 2. The Bertz CT molecular complexity index is 790. The van der Waals surface area contributed by atoms with Gasteiger partial charge < -0.3 is 9.80 Å². The van der Waals surface area contributed by atoms with Gasteiger partial charge in [0.15, 0.2) is 0 Å². The van der Waals surface area contributed by atoms with Crippen LogP contribution in [0.2, 0.25) is 0 Å². The summed E-state index contributed by atoms with van der Waals surface area (Å²) >= 11 is 0. The number of piperazine rings is 1. The Kier molecular flexibility index (Phi) is 4.83. The van der Waals surface area contributed by atoms with E-state index in [1.165, 1.54) is 18.2 Å². The first-order valence-electron chi connectivity index (χ1n) is 7.88. The van der Waals surface area contributed by atoms with E-state index in [1.54, 1.807) is 19.1 Å². The van der Waals surface area contributed by atoms with E-state index in [0.29, 0.717) is 37.4 Å². The summed E-state index contributed by atoms with van der Waals surface area (Å²) in [4.78, 5) is 18.5. The van der Waals surface area contributed by atoms with Crippen molar-refractivity contribution < 1.29 is 23.0 Å². The van der Waals surface area contributed by atoms with Crippen molar-refractivity contribution in [2.45, 2.75) is 6.92 Å². The molecule has 132 valence electrons. The van der Waals surface area contributed by atoms with Crippen LogP contribution in [0.5, 0.6) is 0 Å². The largest absolute Gasteiger partial charge is 0.379 e. The van der Waals surface area contributed by atoms with E-state index >= 15 is 0 Å². The van der Waals surface area contributed by atoms with E-state index in [1.807, 2.05) is 4.90 Å². The maximum atomic E-state index is 13.9. The molecule has 0 atom stereocenters. The maximum Gasteiger partial charge on any atom is 0.379 e. The monoisotopic (exact) mass is 350 g/mol. The molecule has 0 radical (unpaired) electrons. The van der Waals surface area contributed by atoms with Gasteiger partial charge in [0.05, 0.1) is 11.3 Å². The van der Waals surface area contributed by atoms with Crippen LogP contribution in [0.25, 0.3) is 0 Å². The number of benzene rings is 2. The molecule has 0 N–H and O–H groups in total. The lowest BCUT2D eigenvalue weighted by molar-refractivity contribution is -0.0788. The van der Waals surface area contributed by atoms with Gasteiger partial charge >= 0.3 is 5.97 Å². The molecule has 4 nitrogen and oxygen atoms in total. The number of carbonyl (C=O) groups is 1. The van der Waals surface area contributed by atoms with Gasteiger partial charge in [-0.1, -0.05) is 0 Å². The second kappa shape index (κ2) is 7.04. The van der Waals surface area contributed by atoms with Crippen LogP contribution in [0, 0.1) is 18.6 Å². The van der Waals surface area contributed by atoms with Gasteiger partial charge in [-0.2, -0.15) is 0 Å². The van der Waals surface area contributed by atoms with E-state index in [0.717, 1.165) is 11.8 Å². The molecule has 0 aromatic heterocycles. The zero-order chi connectivity index (χ0) is 18.0. The maximum absolute atomic E-state index is 13.9. The highest BCUT2D eigenvalue weighted by Gasteiger charge is 2.21. The minimum Gasteiger partial charge on any atom is -0.368 e. The zero-order valence-electron chi connectivity index (χ0n) is 13.6. The quantitative estimate of drug-likeness (QED) is 0.846. The van der Waals surface area contributed by atoms with Crippen LogP contribution in [0.4, 0.5) is 24.7 Å². The Morgan fingerprint density at radius 2 is 1.68 bits per heavy atom. The molecule has 0 unspecified atom stereocenters. The smallest absolute Gasteiger partial charge is 0.368 e. The van der Waals surface area contributed by atoms with Crippen molar-refractivity contribution in [2.75, 3.05) is 36.0 Å². The Hall–Kier alpha value is -2.70. The Morgan fingerprint density at radius 1 is 1.00 bits per heavy atom. The molecule has 7 heteroatoms. The molecule has 0 aliphatic carbocycles. The topological polar surface area (TPSA) is 32.8 Å². The average molecular weight is 350 g/mol. The van der Waals surface area contributed by atoms with Gasteiger partial charge in [0.1, 0.15) is 11.6 Å². The Balaban J connectivity index is 1.70.